The summed E-state index contributed by atoms with van der Waals surface area (Å²) < 4.78 is 25.9. The molecule has 0 N–H and O–H groups in total. The molecule has 1 aromatic carbocycles. The maximum absolute atomic E-state index is 12.4. The van der Waals surface area contributed by atoms with Gasteiger partial charge in [-0.1, -0.05) is 18.9 Å². The van der Waals surface area contributed by atoms with E-state index in [1.807, 2.05) is 6.07 Å². The summed E-state index contributed by atoms with van der Waals surface area (Å²) in [7, 11) is -3.64. The number of aryl methyl sites for hydroxylation is 1. The lowest BCUT2D eigenvalue weighted by molar-refractivity contribution is 0.463. The minimum Gasteiger partial charge on any atom is -0.207 e. The Morgan fingerprint density at radius 3 is 2.61 bits per heavy atom. The highest BCUT2D eigenvalue weighted by Gasteiger charge is 2.24. The van der Waals surface area contributed by atoms with Gasteiger partial charge in [-0.3, -0.25) is 0 Å². The van der Waals surface area contributed by atoms with Crippen LogP contribution in [0.3, 0.4) is 0 Å². The van der Waals surface area contributed by atoms with Gasteiger partial charge < -0.3 is 0 Å². The third-order valence-corrected chi connectivity index (χ3v) is 4.62. The van der Waals surface area contributed by atoms with Crippen molar-refractivity contribution in [2.75, 3.05) is 13.1 Å². The molecule has 0 atom stereocenters. The van der Waals surface area contributed by atoms with Gasteiger partial charge in [0.25, 0.3) is 0 Å². The fourth-order valence-corrected chi connectivity index (χ4v) is 3.17. The highest BCUT2D eigenvalue weighted by molar-refractivity contribution is 7.89. The SMILES string of the molecule is C#CCN(CC)S(=O)(=O)c1cc(C#N)ccc1C. The van der Waals surface area contributed by atoms with E-state index in [2.05, 4.69) is 5.92 Å². The first-order valence-corrected chi connectivity index (χ1v) is 6.85. The summed E-state index contributed by atoms with van der Waals surface area (Å²) in [4.78, 5) is 0.138. The van der Waals surface area contributed by atoms with Crippen molar-refractivity contribution in [2.45, 2.75) is 18.7 Å². The molecule has 18 heavy (non-hydrogen) atoms. The van der Waals surface area contributed by atoms with Crippen molar-refractivity contribution in [3.05, 3.63) is 29.3 Å². The minimum atomic E-state index is -3.64. The molecule has 0 saturated carbocycles. The monoisotopic (exact) mass is 262 g/mol. The molecule has 0 aliphatic rings. The normalized spacial score (nSPS) is 10.9. The maximum Gasteiger partial charge on any atom is 0.244 e. The highest BCUT2D eigenvalue weighted by atomic mass is 32.2. The van der Waals surface area contributed by atoms with Crippen LogP contribution in [0.5, 0.6) is 0 Å². The molecule has 0 aliphatic heterocycles. The summed E-state index contributed by atoms with van der Waals surface area (Å²) in [5.74, 6) is 2.32. The number of benzene rings is 1. The van der Waals surface area contributed by atoms with E-state index in [0.717, 1.165) is 0 Å². The Balaban J connectivity index is 3.37. The van der Waals surface area contributed by atoms with Crippen LogP contribution in [0.15, 0.2) is 23.1 Å². The summed E-state index contributed by atoms with van der Waals surface area (Å²) in [6.07, 6.45) is 5.17. The molecule has 0 bridgehead atoms. The molecule has 0 heterocycles. The first-order valence-electron chi connectivity index (χ1n) is 5.41. The van der Waals surface area contributed by atoms with Crippen molar-refractivity contribution in [1.82, 2.24) is 4.31 Å². The molecule has 0 aromatic heterocycles. The smallest absolute Gasteiger partial charge is 0.207 e. The van der Waals surface area contributed by atoms with Gasteiger partial charge in [0.15, 0.2) is 0 Å². The third-order valence-electron chi connectivity index (χ3n) is 2.56. The van der Waals surface area contributed by atoms with Crippen LogP contribution in [-0.4, -0.2) is 25.8 Å². The zero-order chi connectivity index (χ0) is 13.8. The van der Waals surface area contributed by atoms with E-state index in [4.69, 9.17) is 11.7 Å². The number of nitrogens with zero attached hydrogens (tertiary/aromatic N) is 2. The Kier molecular flexibility index (Phi) is 4.49. The number of rotatable bonds is 4. The van der Waals surface area contributed by atoms with E-state index in [1.165, 1.54) is 10.4 Å². The molecule has 4 nitrogen and oxygen atoms in total. The predicted molar refractivity (Wildman–Crippen MR) is 69.2 cm³/mol. The van der Waals surface area contributed by atoms with Crippen LogP contribution in [0.2, 0.25) is 0 Å². The number of hydrogen-bond acceptors (Lipinski definition) is 3. The molecule has 0 saturated heterocycles. The maximum atomic E-state index is 12.4. The Labute approximate surface area is 108 Å². The second kappa shape index (κ2) is 5.68. The van der Waals surface area contributed by atoms with Crippen LogP contribution in [0.25, 0.3) is 0 Å². The van der Waals surface area contributed by atoms with Crippen LogP contribution in [0.4, 0.5) is 0 Å². The van der Waals surface area contributed by atoms with E-state index >= 15 is 0 Å². The second-order valence-corrected chi connectivity index (χ2v) is 5.63. The van der Waals surface area contributed by atoms with Gasteiger partial charge in [0.1, 0.15) is 0 Å². The van der Waals surface area contributed by atoms with Crippen molar-refractivity contribution >= 4 is 10.0 Å². The largest absolute Gasteiger partial charge is 0.244 e. The summed E-state index contributed by atoms with van der Waals surface area (Å²) in [6, 6.07) is 6.52. The fraction of sp³-hybridized carbons (Fsp3) is 0.308. The molecule has 5 heteroatoms. The average molecular weight is 262 g/mol. The molecule has 1 aromatic rings. The summed E-state index contributed by atoms with van der Waals surface area (Å²) >= 11 is 0. The first kappa shape index (κ1) is 14.2. The number of nitriles is 1. The Hall–Kier alpha value is -1.82. The van der Waals surface area contributed by atoms with E-state index in [-0.39, 0.29) is 11.4 Å². The number of hydrogen-bond donors (Lipinski definition) is 0. The van der Waals surface area contributed by atoms with Gasteiger partial charge in [0.2, 0.25) is 10.0 Å². The predicted octanol–water partition coefficient (Wildman–Crippen LogP) is 1.51. The fourth-order valence-electron chi connectivity index (χ4n) is 1.56. The van der Waals surface area contributed by atoms with E-state index in [0.29, 0.717) is 17.7 Å². The summed E-state index contributed by atoms with van der Waals surface area (Å²) in [5.41, 5.74) is 0.917. The number of sulfonamides is 1. The van der Waals surface area contributed by atoms with E-state index in [9.17, 15) is 8.42 Å². The molecule has 0 amide bonds. The molecule has 0 spiro atoms. The summed E-state index contributed by atoms with van der Waals surface area (Å²) in [6.45, 7) is 3.73. The van der Waals surface area contributed by atoms with Crippen LogP contribution >= 0.6 is 0 Å². The molecule has 0 radical (unpaired) electrons. The van der Waals surface area contributed by atoms with Crippen molar-refractivity contribution in [1.29, 1.82) is 5.26 Å². The Morgan fingerprint density at radius 1 is 1.44 bits per heavy atom. The molecule has 1 rings (SSSR count). The van der Waals surface area contributed by atoms with Gasteiger partial charge in [-0.05, 0) is 24.6 Å². The zero-order valence-corrected chi connectivity index (χ0v) is 11.2. The molecule has 0 aliphatic carbocycles. The zero-order valence-electron chi connectivity index (χ0n) is 10.3. The molecular weight excluding hydrogens is 248 g/mol. The Morgan fingerprint density at radius 2 is 2.11 bits per heavy atom. The second-order valence-electron chi connectivity index (χ2n) is 3.73. The van der Waals surface area contributed by atoms with Gasteiger partial charge in [0.05, 0.1) is 23.1 Å². The van der Waals surface area contributed by atoms with Crippen LogP contribution in [-0.2, 0) is 10.0 Å². The van der Waals surface area contributed by atoms with E-state index < -0.39 is 10.0 Å². The molecular formula is C13H14N2O2S. The lowest BCUT2D eigenvalue weighted by Gasteiger charge is -2.19. The van der Waals surface area contributed by atoms with Gasteiger partial charge in [-0.15, -0.1) is 6.42 Å². The summed E-state index contributed by atoms with van der Waals surface area (Å²) in [5, 5.41) is 8.83. The quantitative estimate of drug-likeness (QED) is 0.773. The molecule has 94 valence electrons. The minimum absolute atomic E-state index is 0.0229. The highest BCUT2D eigenvalue weighted by Crippen LogP contribution is 2.20. The van der Waals surface area contributed by atoms with Crippen molar-refractivity contribution in [2.24, 2.45) is 0 Å². The van der Waals surface area contributed by atoms with Crippen LogP contribution in [0, 0.1) is 30.6 Å². The average Bonchev–Trinajstić information content (AvgIpc) is 2.36. The van der Waals surface area contributed by atoms with E-state index in [1.54, 1.807) is 26.0 Å². The molecule has 0 fully saturated rings. The lowest BCUT2D eigenvalue weighted by Crippen LogP contribution is -2.31. The van der Waals surface area contributed by atoms with Gasteiger partial charge in [-0.2, -0.15) is 9.57 Å². The van der Waals surface area contributed by atoms with Gasteiger partial charge in [0, 0.05) is 6.54 Å². The van der Waals surface area contributed by atoms with Crippen molar-refractivity contribution < 1.29 is 8.42 Å². The lowest BCUT2D eigenvalue weighted by atomic mass is 10.2. The topological polar surface area (TPSA) is 61.2 Å². The van der Waals surface area contributed by atoms with Crippen molar-refractivity contribution in [3.8, 4) is 18.4 Å². The third kappa shape index (κ3) is 2.70. The molecule has 0 unspecified atom stereocenters. The number of terminal acetylenes is 1. The van der Waals surface area contributed by atoms with Crippen LogP contribution < -0.4 is 0 Å². The van der Waals surface area contributed by atoms with Gasteiger partial charge >= 0.3 is 0 Å². The first-order chi connectivity index (χ1) is 8.47. The van der Waals surface area contributed by atoms with Crippen LogP contribution in [0.1, 0.15) is 18.1 Å². The Bertz CT molecular complexity index is 621. The van der Waals surface area contributed by atoms with Crippen molar-refractivity contribution in [3.63, 3.8) is 0 Å². The standard InChI is InChI=1S/C13H14N2O2S/c1-4-8-15(5-2)18(16,17)13-9-12(10-14)7-6-11(13)3/h1,6-7,9H,5,8H2,2-3H3. The van der Waals surface area contributed by atoms with Gasteiger partial charge in [-0.25, -0.2) is 8.42 Å².